The molecular weight excluding hydrogens is 573 g/mol. The normalized spacial score (nSPS) is 10.9. The Kier molecular flexibility index (Phi) is 9.06. The monoisotopic (exact) mass is 598 g/mol. The summed E-state index contributed by atoms with van der Waals surface area (Å²) in [6, 6.07) is 19.0. The Morgan fingerprint density at radius 3 is 2.14 bits per heavy atom. The molecule has 0 saturated heterocycles. The number of hydrogen-bond acceptors (Lipinski definition) is 10. The van der Waals surface area contributed by atoms with E-state index in [1.165, 1.54) is 36.0 Å². The van der Waals surface area contributed by atoms with Gasteiger partial charge in [0.05, 0.1) is 10.5 Å². The number of aromatic nitrogens is 3. The standard InChI is InChI=1S/C29H26N8O3S2/c1-17-4-6-20(7-5-17)26-23(15-30)27(32)36-28(24(26)16-31)41-13-12-25(38)35-21-8-10-22(11-9-21)42(39,40)37-29-33-18(2)14-19(3)34-29/h4-11,14H,12-13H2,1-3H3,(H2,32,36)(H,35,38)(H,33,34,37). The molecule has 42 heavy (non-hydrogen) atoms. The summed E-state index contributed by atoms with van der Waals surface area (Å²) in [4.78, 5) is 25.0. The van der Waals surface area contributed by atoms with E-state index in [1.807, 2.05) is 31.2 Å². The molecule has 0 fully saturated rings. The Morgan fingerprint density at radius 1 is 0.929 bits per heavy atom. The zero-order valence-corrected chi connectivity index (χ0v) is 24.6. The van der Waals surface area contributed by atoms with Crippen LogP contribution >= 0.6 is 11.8 Å². The number of carbonyl (C=O) groups is 1. The minimum absolute atomic E-state index is 0.00709. The molecule has 212 valence electrons. The lowest BCUT2D eigenvalue weighted by Gasteiger charge is -2.13. The van der Waals surface area contributed by atoms with Crippen LogP contribution in [0.25, 0.3) is 11.1 Å². The first-order chi connectivity index (χ1) is 20.0. The molecule has 4 rings (SSSR count). The summed E-state index contributed by atoms with van der Waals surface area (Å²) in [5.74, 6) is -0.0591. The molecule has 2 heterocycles. The molecule has 0 radical (unpaired) electrons. The second kappa shape index (κ2) is 12.7. The third-order valence-electron chi connectivity index (χ3n) is 5.98. The van der Waals surface area contributed by atoms with Crippen molar-refractivity contribution < 1.29 is 13.2 Å². The van der Waals surface area contributed by atoms with E-state index >= 15 is 0 Å². The summed E-state index contributed by atoms with van der Waals surface area (Å²) < 4.78 is 27.8. The number of rotatable bonds is 9. The lowest BCUT2D eigenvalue weighted by molar-refractivity contribution is -0.115. The van der Waals surface area contributed by atoms with Gasteiger partial charge in [0.2, 0.25) is 11.9 Å². The Balaban J connectivity index is 1.41. The van der Waals surface area contributed by atoms with Crippen LogP contribution in [0.15, 0.2) is 64.5 Å². The number of nitrogens with one attached hydrogen (secondary N) is 2. The third kappa shape index (κ3) is 7.01. The molecule has 0 atom stereocenters. The van der Waals surface area contributed by atoms with Crippen molar-refractivity contribution in [2.24, 2.45) is 0 Å². The van der Waals surface area contributed by atoms with E-state index in [1.54, 1.807) is 19.9 Å². The molecule has 0 spiro atoms. The highest BCUT2D eigenvalue weighted by Gasteiger charge is 2.21. The smallest absolute Gasteiger partial charge is 0.264 e. The summed E-state index contributed by atoms with van der Waals surface area (Å²) in [5.41, 5.74) is 10.2. The van der Waals surface area contributed by atoms with Crippen molar-refractivity contribution in [3.8, 4) is 23.3 Å². The van der Waals surface area contributed by atoms with Crippen LogP contribution in [-0.4, -0.2) is 35.0 Å². The topological polar surface area (TPSA) is 188 Å². The quantitative estimate of drug-likeness (QED) is 0.228. The van der Waals surface area contributed by atoms with Crippen LogP contribution in [0.2, 0.25) is 0 Å². The van der Waals surface area contributed by atoms with Gasteiger partial charge in [0.15, 0.2) is 0 Å². The fraction of sp³-hybridized carbons (Fsp3) is 0.172. The number of aryl methyl sites for hydroxylation is 3. The van der Waals surface area contributed by atoms with Crippen molar-refractivity contribution in [2.75, 3.05) is 21.5 Å². The fourth-order valence-electron chi connectivity index (χ4n) is 4.04. The van der Waals surface area contributed by atoms with E-state index in [-0.39, 0.29) is 45.9 Å². The van der Waals surface area contributed by atoms with Crippen molar-refractivity contribution in [2.45, 2.75) is 37.1 Å². The van der Waals surface area contributed by atoms with E-state index in [0.29, 0.717) is 33.2 Å². The maximum atomic E-state index is 12.7. The number of nitrogen functional groups attached to an aromatic ring is 1. The first kappa shape index (κ1) is 30.0. The summed E-state index contributed by atoms with van der Waals surface area (Å²) in [5, 5.41) is 22.7. The van der Waals surface area contributed by atoms with Crippen LogP contribution in [0, 0.1) is 43.4 Å². The van der Waals surface area contributed by atoms with Crippen LogP contribution in [0.5, 0.6) is 0 Å². The summed E-state index contributed by atoms with van der Waals surface area (Å²) in [6.45, 7) is 5.41. The van der Waals surface area contributed by atoms with Crippen LogP contribution < -0.4 is 15.8 Å². The lowest BCUT2D eigenvalue weighted by Crippen LogP contribution is -2.16. The van der Waals surface area contributed by atoms with Gasteiger partial charge in [-0.15, -0.1) is 11.8 Å². The number of nitrogens with zero attached hydrogens (tertiary/aromatic N) is 5. The number of benzene rings is 2. The molecule has 0 aliphatic carbocycles. The fourth-order valence-corrected chi connectivity index (χ4v) is 5.92. The van der Waals surface area contributed by atoms with Gasteiger partial charge in [-0.25, -0.2) is 28.1 Å². The molecule has 2 aromatic heterocycles. The average molecular weight is 599 g/mol. The molecule has 1 amide bonds. The van der Waals surface area contributed by atoms with E-state index in [0.717, 1.165) is 5.56 Å². The first-order valence-corrected chi connectivity index (χ1v) is 15.1. The Labute approximate surface area is 247 Å². The van der Waals surface area contributed by atoms with Crippen molar-refractivity contribution in [1.82, 2.24) is 15.0 Å². The van der Waals surface area contributed by atoms with Crippen molar-refractivity contribution in [3.05, 3.63) is 82.7 Å². The Hall–Kier alpha value is -4.98. The number of nitriles is 2. The van der Waals surface area contributed by atoms with Gasteiger partial charge in [0.25, 0.3) is 10.0 Å². The molecule has 0 saturated carbocycles. The molecule has 4 aromatic rings. The number of anilines is 3. The third-order valence-corrected chi connectivity index (χ3v) is 8.30. The minimum atomic E-state index is -3.93. The highest BCUT2D eigenvalue weighted by Crippen LogP contribution is 2.36. The predicted octanol–water partition coefficient (Wildman–Crippen LogP) is 4.71. The highest BCUT2D eigenvalue weighted by molar-refractivity contribution is 7.99. The Bertz CT molecular complexity index is 1820. The van der Waals surface area contributed by atoms with Gasteiger partial charge in [0, 0.05) is 34.8 Å². The molecule has 11 nitrogen and oxygen atoms in total. The highest BCUT2D eigenvalue weighted by atomic mass is 32.2. The second-order valence-corrected chi connectivity index (χ2v) is 12.0. The van der Waals surface area contributed by atoms with Gasteiger partial charge >= 0.3 is 0 Å². The van der Waals surface area contributed by atoms with Crippen LogP contribution in [0.4, 0.5) is 17.5 Å². The number of thioether (sulfide) groups is 1. The molecule has 0 aliphatic rings. The van der Waals surface area contributed by atoms with Crippen LogP contribution in [0.3, 0.4) is 0 Å². The molecule has 0 unspecified atom stereocenters. The molecule has 0 aliphatic heterocycles. The molecule has 2 aromatic carbocycles. The van der Waals surface area contributed by atoms with Gasteiger partial charge in [-0.2, -0.15) is 10.5 Å². The molecule has 4 N–H and O–H groups in total. The number of carbonyl (C=O) groups excluding carboxylic acids is 1. The van der Waals surface area contributed by atoms with Gasteiger partial charge in [-0.05, 0) is 56.7 Å². The van der Waals surface area contributed by atoms with Crippen LogP contribution in [0.1, 0.15) is 34.5 Å². The first-order valence-electron chi connectivity index (χ1n) is 12.6. The maximum absolute atomic E-state index is 12.7. The zero-order chi connectivity index (χ0) is 30.4. The number of hydrogen-bond donors (Lipinski definition) is 3. The zero-order valence-electron chi connectivity index (χ0n) is 23.0. The Morgan fingerprint density at radius 2 is 1.55 bits per heavy atom. The predicted molar refractivity (Wildman–Crippen MR) is 161 cm³/mol. The van der Waals surface area contributed by atoms with Gasteiger partial charge in [-0.3, -0.25) is 4.79 Å². The van der Waals surface area contributed by atoms with Gasteiger partial charge in [0.1, 0.15) is 28.5 Å². The SMILES string of the molecule is Cc1ccc(-c2c(C#N)c(N)nc(SCCC(=O)Nc3ccc(S(=O)(=O)Nc4nc(C)cc(C)n4)cc3)c2C#N)cc1. The van der Waals surface area contributed by atoms with E-state index in [2.05, 4.69) is 37.1 Å². The number of sulfonamides is 1. The summed E-state index contributed by atoms with van der Waals surface area (Å²) in [6.07, 6.45) is 0.0721. The number of amides is 1. The number of nitrogens with two attached hydrogens (primary N) is 1. The van der Waals surface area contributed by atoms with E-state index < -0.39 is 10.0 Å². The number of pyridine rings is 1. The van der Waals surface area contributed by atoms with Crippen molar-refractivity contribution in [3.63, 3.8) is 0 Å². The van der Waals surface area contributed by atoms with Crippen LogP contribution in [-0.2, 0) is 14.8 Å². The van der Waals surface area contributed by atoms with E-state index in [4.69, 9.17) is 5.73 Å². The van der Waals surface area contributed by atoms with Crippen molar-refractivity contribution in [1.29, 1.82) is 10.5 Å². The lowest BCUT2D eigenvalue weighted by atomic mass is 9.96. The summed E-state index contributed by atoms with van der Waals surface area (Å²) in [7, 11) is -3.93. The molecular formula is C29H26N8O3S2. The second-order valence-electron chi connectivity index (χ2n) is 9.27. The average Bonchev–Trinajstić information content (AvgIpc) is 2.92. The van der Waals surface area contributed by atoms with Gasteiger partial charge < -0.3 is 11.1 Å². The van der Waals surface area contributed by atoms with E-state index in [9.17, 15) is 23.7 Å². The molecule has 0 bridgehead atoms. The maximum Gasteiger partial charge on any atom is 0.264 e. The largest absolute Gasteiger partial charge is 0.383 e. The minimum Gasteiger partial charge on any atom is -0.383 e. The van der Waals surface area contributed by atoms with Crippen molar-refractivity contribution >= 4 is 45.1 Å². The van der Waals surface area contributed by atoms with Gasteiger partial charge in [-0.1, -0.05) is 29.8 Å². The summed E-state index contributed by atoms with van der Waals surface area (Å²) >= 11 is 1.18. The molecule has 13 heteroatoms.